The molecular formula is C32H42F6N2O9. The monoisotopic (exact) mass is 712 g/mol. The number of ketones is 1. The Morgan fingerprint density at radius 1 is 0.694 bits per heavy atom. The normalized spacial score (nSPS) is 12.9. The predicted octanol–water partition coefficient (Wildman–Crippen LogP) is 6.07. The van der Waals surface area contributed by atoms with Gasteiger partial charge in [0.05, 0.1) is 22.7 Å². The Kier molecular flexibility index (Phi) is 18.4. The van der Waals surface area contributed by atoms with Crippen molar-refractivity contribution in [3.63, 3.8) is 0 Å². The van der Waals surface area contributed by atoms with Gasteiger partial charge in [0.2, 0.25) is 11.8 Å². The number of esters is 1. The lowest BCUT2D eigenvalue weighted by Gasteiger charge is -2.23. The number of amides is 2. The van der Waals surface area contributed by atoms with Gasteiger partial charge >= 0.3 is 30.3 Å². The largest absolute Gasteiger partial charge is 0.481 e. The maximum Gasteiger partial charge on any atom is 0.417 e. The van der Waals surface area contributed by atoms with Crippen molar-refractivity contribution in [3.8, 4) is 0 Å². The van der Waals surface area contributed by atoms with Gasteiger partial charge in [0.25, 0.3) is 0 Å². The maximum absolute atomic E-state index is 13.5. The zero-order valence-corrected chi connectivity index (χ0v) is 27.0. The first-order valence-corrected chi connectivity index (χ1v) is 15.9. The summed E-state index contributed by atoms with van der Waals surface area (Å²) >= 11 is 0. The van der Waals surface area contributed by atoms with Crippen molar-refractivity contribution in [2.24, 2.45) is 0 Å². The summed E-state index contributed by atoms with van der Waals surface area (Å²) in [5.74, 6) is -7.93. The number of benzene rings is 1. The molecule has 0 fully saturated rings. The van der Waals surface area contributed by atoms with Crippen LogP contribution in [0.4, 0.5) is 26.3 Å². The SMILES string of the molecule is CCCCCCCCCCCC(=O)N[C@@H](CCC(=O)O)C(=O)N[C@@H](CCC(=O)O)C(=O)COC(=O)c1c(C(F)(F)F)cccc1C(F)(F)F. The minimum atomic E-state index is -5.42. The zero-order valence-electron chi connectivity index (χ0n) is 27.0. The summed E-state index contributed by atoms with van der Waals surface area (Å²) in [5.41, 5.74) is -5.85. The molecule has 0 aliphatic rings. The zero-order chi connectivity index (χ0) is 37.2. The molecule has 0 saturated carbocycles. The average Bonchev–Trinajstić information content (AvgIpc) is 3.01. The van der Waals surface area contributed by atoms with Gasteiger partial charge in [0.15, 0.2) is 12.4 Å². The number of ether oxygens (including phenoxy) is 1. The number of alkyl halides is 6. The maximum atomic E-state index is 13.5. The first-order chi connectivity index (χ1) is 22.9. The molecule has 0 unspecified atom stereocenters. The molecule has 1 aromatic rings. The van der Waals surface area contributed by atoms with E-state index in [2.05, 4.69) is 22.3 Å². The second kappa shape index (κ2) is 21.0. The molecule has 11 nitrogen and oxygen atoms in total. The summed E-state index contributed by atoms with van der Waals surface area (Å²) in [5, 5.41) is 22.7. The first-order valence-electron chi connectivity index (χ1n) is 15.9. The van der Waals surface area contributed by atoms with Crippen molar-refractivity contribution in [2.45, 2.75) is 121 Å². The highest BCUT2D eigenvalue weighted by Gasteiger charge is 2.43. The number of hydrogen-bond acceptors (Lipinski definition) is 7. The molecule has 0 bridgehead atoms. The Balaban J connectivity index is 3.00. The lowest BCUT2D eigenvalue weighted by atomic mass is 10.00. The van der Waals surface area contributed by atoms with E-state index in [0.717, 1.165) is 44.9 Å². The highest BCUT2D eigenvalue weighted by atomic mass is 19.4. The number of hydrogen-bond donors (Lipinski definition) is 4. The molecular weight excluding hydrogens is 670 g/mol. The second-order valence-corrected chi connectivity index (χ2v) is 11.4. The highest BCUT2D eigenvalue weighted by molar-refractivity contribution is 5.97. The van der Waals surface area contributed by atoms with Crippen LogP contribution < -0.4 is 10.6 Å². The summed E-state index contributed by atoms with van der Waals surface area (Å²) in [7, 11) is 0. The smallest absolute Gasteiger partial charge is 0.417 e. The minimum absolute atomic E-state index is 0.00330. The van der Waals surface area contributed by atoms with E-state index in [-0.39, 0.29) is 18.6 Å². The number of halogens is 6. The Morgan fingerprint density at radius 2 is 1.16 bits per heavy atom. The number of nitrogens with one attached hydrogen (secondary N) is 2. The van der Waals surface area contributed by atoms with Crippen molar-refractivity contribution in [1.82, 2.24) is 10.6 Å². The van der Waals surface area contributed by atoms with Crippen LogP contribution in [0.15, 0.2) is 18.2 Å². The third-order valence-electron chi connectivity index (χ3n) is 7.38. The van der Waals surface area contributed by atoms with E-state index in [1.165, 1.54) is 6.42 Å². The van der Waals surface area contributed by atoms with E-state index < -0.39 is 109 Å². The fraction of sp³-hybridized carbons (Fsp3) is 0.625. The molecule has 0 radical (unpaired) electrons. The number of carbonyl (C=O) groups excluding carboxylic acids is 4. The standard InChI is InChI=1S/C32H42F6N2O9/c1-2-3-4-5-6-7-8-9-10-14-25(42)39-23(16-18-27(45)46)29(47)40-22(15-17-26(43)44)24(41)19-49-30(48)28-20(31(33,34)35)12-11-13-21(28)32(36,37)38/h11-13,22-23H,2-10,14-19H2,1H3,(H,39,42)(H,40,47)(H,43,44)(H,45,46)/t22-,23-/m0/s1. The van der Waals surface area contributed by atoms with Gasteiger partial charge in [-0.25, -0.2) is 4.79 Å². The molecule has 0 spiro atoms. The van der Waals surface area contributed by atoms with Crippen LogP contribution in [0.25, 0.3) is 0 Å². The lowest BCUT2D eigenvalue weighted by molar-refractivity contribution is -0.144. The summed E-state index contributed by atoms with van der Waals surface area (Å²) < 4.78 is 85.2. The third kappa shape index (κ3) is 16.7. The van der Waals surface area contributed by atoms with E-state index in [9.17, 15) is 55.1 Å². The predicted molar refractivity (Wildman–Crippen MR) is 161 cm³/mol. The van der Waals surface area contributed by atoms with Crippen LogP contribution in [0.1, 0.15) is 118 Å². The molecule has 1 rings (SSSR count). The van der Waals surface area contributed by atoms with Gasteiger partial charge in [-0.3, -0.25) is 24.0 Å². The van der Waals surface area contributed by atoms with Gasteiger partial charge in [-0.05, 0) is 31.4 Å². The lowest BCUT2D eigenvalue weighted by Crippen LogP contribution is -2.52. The summed E-state index contributed by atoms with van der Waals surface area (Å²) in [6.45, 7) is 0.657. The molecule has 0 aliphatic carbocycles. The molecule has 17 heteroatoms. The summed E-state index contributed by atoms with van der Waals surface area (Å²) in [6, 6.07) is -2.44. The van der Waals surface area contributed by atoms with Gasteiger partial charge in [-0.1, -0.05) is 64.4 Å². The van der Waals surface area contributed by atoms with Crippen LogP contribution in [0.2, 0.25) is 0 Å². The van der Waals surface area contributed by atoms with Crippen molar-refractivity contribution in [2.75, 3.05) is 6.61 Å². The number of aliphatic carboxylic acids is 2. The summed E-state index contributed by atoms with van der Waals surface area (Å²) in [6.07, 6.45) is -4.52. The van der Waals surface area contributed by atoms with Crippen LogP contribution in [-0.2, 0) is 41.1 Å². The Labute approximate surface area is 279 Å². The quantitative estimate of drug-likeness (QED) is 0.0596. The van der Waals surface area contributed by atoms with Crippen LogP contribution in [-0.4, -0.2) is 64.4 Å². The molecule has 0 aliphatic heterocycles. The van der Waals surface area contributed by atoms with Gasteiger partial charge in [-0.2, -0.15) is 26.3 Å². The molecule has 4 N–H and O–H groups in total. The van der Waals surface area contributed by atoms with Crippen LogP contribution in [0.3, 0.4) is 0 Å². The fourth-order valence-corrected chi connectivity index (χ4v) is 4.81. The molecule has 0 heterocycles. The number of carbonyl (C=O) groups is 6. The number of rotatable bonds is 23. The van der Waals surface area contributed by atoms with Crippen LogP contribution in [0, 0.1) is 0 Å². The van der Waals surface area contributed by atoms with Gasteiger partial charge in [-0.15, -0.1) is 0 Å². The van der Waals surface area contributed by atoms with E-state index in [0.29, 0.717) is 12.5 Å². The minimum Gasteiger partial charge on any atom is -0.481 e. The molecule has 0 saturated heterocycles. The second-order valence-electron chi connectivity index (χ2n) is 11.4. The van der Waals surface area contributed by atoms with E-state index in [1.54, 1.807) is 0 Å². The van der Waals surface area contributed by atoms with E-state index in [4.69, 9.17) is 10.2 Å². The Bertz CT molecular complexity index is 1250. The molecule has 0 aromatic heterocycles. The van der Waals surface area contributed by atoms with E-state index >= 15 is 0 Å². The molecule has 49 heavy (non-hydrogen) atoms. The van der Waals surface area contributed by atoms with Crippen molar-refractivity contribution in [3.05, 3.63) is 34.9 Å². The van der Waals surface area contributed by atoms with Gasteiger partial charge in [0, 0.05) is 19.3 Å². The Morgan fingerprint density at radius 3 is 1.63 bits per heavy atom. The van der Waals surface area contributed by atoms with Gasteiger partial charge in [0.1, 0.15) is 6.04 Å². The average molecular weight is 713 g/mol. The number of unbranched alkanes of at least 4 members (excludes halogenated alkanes) is 8. The molecule has 2 atom stereocenters. The van der Waals surface area contributed by atoms with Crippen LogP contribution in [0.5, 0.6) is 0 Å². The van der Waals surface area contributed by atoms with Crippen molar-refractivity contribution < 1.29 is 70.1 Å². The summed E-state index contributed by atoms with van der Waals surface area (Å²) in [4.78, 5) is 73.3. The first kappa shape index (κ1) is 42.8. The van der Waals surface area contributed by atoms with Crippen molar-refractivity contribution in [1.29, 1.82) is 0 Å². The van der Waals surface area contributed by atoms with Crippen molar-refractivity contribution >= 4 is 35.5 Å². The highest BCUT2D eigenvalue weighted by Crippen LogP contribution is 2.39. The fourth-order valence-electron chi connectivity index (χ4n) is 4.81. The number of Topliss-reactive ketones (excluding diaryl/α,β-unsaturated/α-hetero) is 1. The molecule has 2 amide bonds. The molecule has 1 aromatic carbocycles. The Hall–Kier alpha value is -4.18. The topological polar surface area (TPSA) is 176 Å². The van der Waals surface area contributed by atoms with Gasteiger partial charge < -0.3 is 25.6 Å². The van der Waals surface area contributed by atoms with E-state index in [1.807, 2.05) is 0 Å². The van der Waals surface area contributed by atoms with Crippen LogP contribution >= 0.6 is 0 Å². The third-order valence-corrected chi connectivity index (χ3v) is 7.38. The number of carboxylic acids is 2. The molecule has 276 valence electrons. The number of carboxylic acid groups (broad SMARTS) is 2.